The lowest BCUT2D eigenvalue weighted by Crippen LogP contribution is -2.13. The number of hydrogen-bond donors (Lipinski definition) is 1. The molecule has 2 aromatic heterocycles. The van der Waals surface area contributed by atoms with Crippen LogP contribution in [0, 0.1) is 0 Å². The van der Waals surface area contributed by atoms with Crippen molar-refractivity contribution in [3.63, 3.8) is 0 Å². The summed E-state index contributed by atoms with van der Waals surface area (Å²) in [6, 6.07) is 19.5. The van der Waals surface area contributed by atoms with Crippen molar-refractivity contribution in [2.45, 2.75) is 25.8 Å². The zero-order valence-corrected chi connectivity index (χ0v) is 13.8. The lowest BCUT2D eigenvalue weighted by molar-refractivity contribution is 0.579. The molecule has 3 nitrogen and oxygen atoms in total. The molecule has 0 radical (unpaired) electrons. The lowest BCUT2D eigenvalue weighted by Gasteiger charge is -2.20. The highest BCUT2D eigenvalue weighted by molar-refractivity contribution is 5.85. The zero-order valence-electron chi connectivity index (χ0n) is 13.8. The van der Waals surface area contributed by atoms with E-state index in [0.29, 0.717) is 0 Å². The van der Waals surface area contributed by atoms with Crippen LogP contribution in [0.5, 0.6) is 0 Å². The summed E-state index contributed by atoms with van der Waals surface area (Å²) in [5, 5.41) is 1.31. The predicted molar refractivity (Wildman–Crippen MR) is 98.2 cm³/mol. The third-order valence-electron chi connectivity index (χ3n) is 4.67. The summed E-state index contributed by atoms with van der Waals surface area (Å²) < 4.78 is 2.22. The molecule has 0 saturated carbocycles. The molecule has 1 unspecified atom stereocenters. The van der Waals surface area contributed by atoms with Crippen LogP contribution in [0.4, 0.5) is 0 Å². The molecule has 4 aromatic rings. The zero-order chi connectivity index (χ0) is 16.4. The van der Waals surface area contributed by atoms with Crippen molar-refractivity contribution in [2.24, 2.45) is 0 Å². The molecule has 0 amide bonds. The van der Waals surface area contributed by atoms with E-state index in [9.17, 15) is 0 Å². The molecular formula is C21H21N3. The van der Waals surface area contributed by atoms with Crippen LogP contribution < -0.4 is 0 Å². The highest BCUT2D eigenvalue weighted by Crippen LogP contribution is 2.33. The number of hydrogen-bond acceptors (Lipinski definition) is 1. The predicted octanol–water partition coefficient (Wildman–Crippen LogP) is 4.76. The second kappa shape index (κ2) is 6.36. The first kappa shape index (κ1) is 14.8. The Balaban J connectivity index is 1.88. The van der Waals surface area contributed by atoms with Crippen LogP contribution in [0.1, 0.15) is 29.8 Å². The molecule has 0 bridgehead atoms. The van der Waals surface area contributed by atoms with E-state index in [-0.39, 0.29) is 6.04 Å². The third kappa shape index (κ3) is 2.62. The first-order chi connectivity index (χ1) is 11.9. The fraction of sp³-hybridized carbons (Fsp3) is 0.190. The minimum Gasteiger partial charge on any atom is -0.358 e. The Morgan fingerprint density at radius 2 is 1.83 bits per heavy atom. The Morgan fingerprint density at radius 1 is 1.04 bits per heavy atom. The van der Waals surface area contributed by atoms with Gasteiger partial charge in [0.2, 0.25) is 0 Å². The van der Waals surface area contributed by atoms with Gasteiger partial charge in [0.15, 0.2) is 0 Å². The number of nitrogens with one attached hydrogen (secondary N) is 1. The first-order valence-corrected chi connectivity index (χ1v) is 8.47. The number of para-hydroxylation sites is 1. The Morgan fingerprint density at radius 3 is 2.58 bits per heavy atom. The molecule has 0 fully saturated rings. The minimum absolute atomic E-state index is 0.237. The number of fused-ring (bicyclic) bond motifs is 1. The SMILES string of the molecule is CCc1[nH]c2ccccc2c1C(Cc1ccccc1)n1ccnc1. The van der Waals surface area contributed by atoms with E-state index < -0.39 is 0 Å². The van der Waals surface area contributed by atoms with Gasteiger partial charge in [0.25, 0.3) is 0 Å². The van der Waals surface area contributed by atoms with Crippen molar-refractivity contribution < 1.29 is 0 Å². The van der Waals surface area contributed by atoms with Gasteiger partial charge >= 0.3 is 0 Å². The number of aryl methyl sites for hydroxylation is 1. The van der Waals surface area contributed by atoms with Crippen molar-refractivity contribution in [2.75, 3.05) is 0 Å². The van der Waals surface area contributed by atoms with Gasteiger partial charge in [0.1, 0.15) is 0 Å². The monoisotopic (exact) mass is 315 g/mol. The maximum absolute atomic E-state index is 4.28. The maximum Gasteiger partial charge on any atom is 0.0951 e. The molecule has 0 saturated heterocycles. The van der Waals surface area contributed by atoms with Gasteiger partial charge in [-0.05, 0) is 24.5 Å². The third-order valence-corrected chi connectivity index (χ3v) is 4.67. The van der Waals surface area contributed by atoms with E-state index in [0.717, 1.165) is 12.8 Å². The summed E-state index contributed by atoms with van der Waals surface area (Å²) in [6.07, 6.45) is 7.79. The molecule has 2 aromatic carbocycles. The van der Waals surface area contributed by atoms with Crippen LogP contribution in [0.3, 0.4) is 0 Å². The van der Waals surface area contributed by atoms with Gasteiger partial charge in [-0.2, -0.15) is 0 Å². The van der Waals surface area contributed by atoms with Gasteiger partial charge in [-0.25, -0.2) is 4.98 Å². The Hall–Kier alpha value is -2.81. The average Bonchev–Trinajstić information content (AvgIpc) is 3.28. The summed E-state index contributed by atoms with van der Waals surface area (Å²) in [6.45, 7) is 2.21. The average molecular weight is 315 g/mol. The number of imidazole rings is 1. The van der Waals surface area contributed by atoms with Crippen LogP contribution >= 0.6 is 0 Å². The topological polar surface area (TPSA) is 33.6 Å². The smallest absolute Gasteiger partial charge is 0.0951 e. The maximum atomic E-state index is 4.28. The number of aromatic amines is 1. The van der Waals surface area contributed by atoms with Gasteiger partial charge in [-0.3, -0.25) is 0 Å². The van der Waals surface area contributed by atoms with Gasteiger partial charge in [0, 0.05) is 34.6 Å². The molecule has 24 heavy (non-hydrogen) atoms. The Kier molecular flexibility index (Phi) is 3.91. The van der Waals surface area contributed by atoms with E-state index in [1.54, 1.807) is 0 Å². The number of aromatic nitrogens is 3. The molecule has 1 N–H and O–H groups in total. The van der Waals surface area contributed by atoms with Crippen LogP contribution in [-0.4, -0.2) is 14.5 Å². The number of rotatable bonds is 5. The molecule has 4 rings (SSSR count). The standard InChI is InChI=1S/C21H21N3/c1-2-18-21(17-10-6-7-11-19(17)23-18)20(24-13-12-22-15-24)14-16-8-4-3-5-9-16/h3-13,15,20,23H,2,14H2,1H3. The van der Waals surface area contributed by atoms with E-state index in [2.05, 4.69) is 82.3 Å². The molecule has 0 aliphatic carbocycles. The largest absolute Gasteiger partial charge is 0.358 e. The number of H-pyrrole nitrogens is 1. The van der Waals surface area contributed by atoms with Gasteiger partial charge < -0.3 is 9.55 Å². The molecule has 0 aliphatic heterocycles. The molecule has 1 atom stereocenters. The van der Waals surface area contributed by atoms with E-state index in [1.165, 1.54) is 27.7 Å². The summed E-state index contributed by atoms with van der Waals surface area (Å²) in [5.41, 5.74) is 5.24. The normalized spacial score (nSPS) is 12.5. The minimum atomic E-state index is 0.237. The highest BCUT2D eigenvalue weighted by Gasteiger charge is 2.21. The van der Waals surface area contributed by atoms with Gasteiger partial charge in [-0.15, -0.1) is 0 Å². The van der Waals surface area contributed by atoms with Crippen molar-refractivity contribution in [3.05, 3.63) is 90.1 Å². The molecule has 0 spiro atoms. The quantitative estimate of drug-likeness (QED) is 0.566. The van der Waals surface area contributed by atoms with Crippen LogP contribution in [0.15, 0.2) is 73.3 Å². The molecule has 3 heteroatoms. The van der Waals surface area contributed by atoms with Crippen molar-refractivity contribution >= 4 is 10.9 Å². The van der Waals surface area contributed by atoms with Crippen LogP contribution in [-0.2, 0) is 12.8 Å². The lowest BCUT2D eigenvalue weighted by atomic mass is 9.95. The fourth-order valence-corrected chi connectivity index (χ4v) is 3.53. The van der Waals surface area contributed by atoms with Crippen LogP contribution in [0.25, 0.3) is 10.9 Å². The summed E-state index contributed by atoms with van der Waals surface area (Å²) in [7, 11) is 0. The Labute approximate surface area is 142 Å². The second-order valence-electron chi connectivity index (χ2n) is 6.13. The van der Waals surface area contributed by atoms with Crippen molar-refractivity contribution in [3.8, 4) is 0 Å². The van der Waals surface area contributed by atoms with E-state index >= 15 is 0 Å². The highest BCUT2D eigenvalue weighted by atomic mass is 15.1. The molecule has 120 valence electrons. The molecular weight excluding hydrogens is 294 g/mol. The number of nitrogens with zero attached hydrogens (tertiary/aromatic N) is 2. The van der Waals surface area contributed by atoms with Crippen LogP contribution in [0.2, 0.25) is 0 Å². The van der Waals surface area contributed by atoms with Gasteiger partial charge in [0.05, 0.1) is 12.4 Å². The van der Waals surface area contributed by atoms with Crippen molar-refractivity contribution in [1.82, 2.24) is 14.5 Å². The number of benzene rings is 2. The van der Waals surface area contributed by atoms with E-state index in [4.69, 9.17) is 0 Å². The molecule has 0 aliphatic rings. The summed E-state index contributed by atoms with van der Waals surface area (Å²) in [5.74, 6) is 0. The van der Waals surface area contributed by atoms with Gasteiger partial charge in [-0.1, -0.05) is 55.5 Å². The first-order valence-electron chi connectivity index (χ1n) is 8.47. The van der Waals surface area contributed by atoms with Crippen molar-refractivity contribution in [1.29, 1.82) is 0 Å². The van der Waals surface area contributed by atoms with E-state index in [1.807, 2.05) is 12.5 Å². The summed E-state index contributed by atoms with van der Waals surface area (Å²) in [4.78, 5) is 7.89. The second-order valence-corrected chi connectivity index (χ2v) is 6.13. The molecule has 2 heterocycles. The fourth-order valence-electron chi connectivity index (χ4n) is 3.53. The Bertz CT molecular complexity index is 920. The summed E-state index contributed by atoms with van der Waals surface area (Å²) >= 11 is 0.